The number of rotatable bonds is 2. The maximum absolute atomic E-state index is 7.13. The van der Waals surface area contributed by atoms with Crippen molar-refractivity contribution in [2.45, 2.75) is 31.7 Å². The Morgan fingerprint density at radius 2 is 2.36 bits per heavy atom. The molecule has 72 valence electrons. The Kier molecular flexibility index (Phi) is 2.32. The fourth-order valence-electron chi connectivity index (χ4n) is 1.56. The van der Waals surface area contributed by atoms with Crippen LogP contribution in [0.1, 0.15) is 24.1 Å². The van der Waals surface area contributed by atoms with E-state index in [0.29, 0.717) is 0 Å². The average molecular weight is 251 g/mol. The molecule has 0 spiro atoms. The molecule has 1 saturated carbocycles. The third-order valence-electron chi connectivity index (χ3n) is 2.74. The molecule has 2 nitrogen and oxygen atoms in total. The normalized spacial score (nSPS) is 17.5. The van der Waals surface area contributed by atoms with Crippen LogP contribution in [0.15, 0.2) is 16.7 Å². The lowest BCUT2D eigenvalue weighted by Gasteiger charge is -2.06. The fourth-order valence-corrected chi connectivity index (χ4v) is 1.93. The topological polar surface area (TPSA) is 17.2 Å². The molecule has 2 rings (SSSR count). The number of pyridine rings is 1. The Morgan fingerprint density at radius 3 is 2.93 bits per heavy atom. The maximum Gasteiger partial charge on any atom is 0.237 e. The van der Waals surface area contributed by atoms with Crippen molar-refractivity contribution < 1.29 is 0 Å². The minimum atomic E-state index is -0.0900. The van der Waals surface area contributed by atoms with E-state index in [-0.39, 0.29) is 5.54 Å². The summed E-state index contributed by atoms with van der Waals surface area (Å²) in [4.78, 5) is 7.98. The van der Waals surface area contributed by atoms with E-state index in [9.17, 15) is 0 Å². The van der Waals surface area contributed by atoms with Crippen LogP contribution in [0.25, 0.3) is 4.85 Å². The van der Waals surface area contributed by atoms with Gasteiger partial charge in [-0.2, -0.15) is 0 Å². The molecule has 0 atom stereocenters. The van der Waals surface area contributed by atoms with Crippen LogP contribution < -0.4 is 0 Å². The number of hydrogen-bond acceptors (Lipinski definition) is 1. The van der Waals surface area contributed by atoms with Gasteiger partial charge in [0.05, 0.1) is 6.42 Å². The van der Waals surface area contributed by atoms with E-state index >= 15 is 0 Å². The smallest absolute Gasteiger partial charge is 0.237 e. The highest BCUT2D eigenvalue weighted by molar-refractivity contribution is 9.10. The molecule has 0 bridgehead atoms. The molecule has 0 amide bonds. The van der Waals surface area contributed by atoms with Crippen LogP contribution in [0.2, 0.25) is 0 Å². The van der Waals surface area contributed by atoms with Crippen molar-refractivity contribution in [3.63, 3.8) is 0 Å². The number of aromatic nitrogens is 1. The van der Waals surface area contributed by atoms with E-state index < -0.39 is 0 Å². The lowest BCUT2D eigenvalue weighted by atomic mass is 10.0. The lowest BCUT2D eigenvalue weighted by Crippen LogP contribution is -2.08. The lowest BCUT2D eigenvalue weighted by molar-refractivity contribution is 0.770. The van der Waals surface area contributed by atoms with Crippen LogP contribution in [-0.2, 0) is 6.42 Å². The summed E-state index contributed by atoms with van der Waals surface area (Å²) in [6, 6.07) is 2.08. The van der Waals surface area contributed by atoms with Gasteiger partial charge in [0.25, 0.3) is 0 Å². The first-order chi connectivity index (χ1) is 6.65. The number of aryl methyl sites for hydroxylation is 1. The van der Waals surface area contributed by atoms with Gasteiger partial charge in [-0.25, -0.2) is 6.57 Å². The van der Waals surface area contributed by atoms with Crippen molar-refractivity contribution in [3.05, 3.63) is 39.4 Å². The first kappa shape index (κ1) is 9.67. The van der Waals surface area contributed by atoms with Gasteiger partial charge in [-0.3, -0.25) is 4.98 Å². The van der Waals surface area contributed by atoms with E-state index in [1.165, 1.54) is 5.56 Å². The van der Waals surface area contributed by atoms with Crippen molar-refractivity contribution in [1.82, 2.24) is 4.98 Å². The summed E-state index contributed by atoms with van der Waals surface area (Å²) in [5.74, 6) is 0. The molecule has 1 aliphatic rings. The van der Waals surface area contributed by atoms with Crippen LogP contribution in [-0.4, -0.2) is 10.5 Å². The highest BCUT2D eigenvalue weighted by Gasteiger charge is 2.50. The first-order valence-electron chi connectivity index (χ1n) is 4.65. The largest absolute Gasteiger partial charge is 0.310 e. The molecule has 1 aliphatic carbocycles. The van der Waals surface area contributed by atoms with Crippen molar-refractivity contribution in [1.29, 1.82) is 0 Å². The summed E-state index contributed by atoms with van der Waals surface area (Å²) in [6.07, 6.45) is 4.75. The molecular weight excluding hydrogens is 240 g/mol. The second-order valence-electron chi connectivity index (χ2n) is 3.91. The molecular formula is C11H11BrN2. The molecule has 1 heterocycles. The van der Waals surface area contributed by atoms with Crippen molar-refractivity contribution in [2.24, 2.45) is 0 Å². The molecule has 1 fully saturated rings. The van der Waals surface area contributed by atoms with Gasteiger partial charge in [0, 0.05) is 29.2 Å². The number of hydrogen-bond donors (Lipinski definition) is 0. The van der Waals surface area contributed by atoms with E-state index in [4.69, 9.17) is 6.57 Å². The predicted octanol–water partition coefficient (Wildman–Crippen LogP) is 3.15. The van der Waals surface area contributed by atoms with Crippen molar-refractivity contribution >= 4 is 15.9 Å². The fraction of sp³-hybridized carbons (Fsp3) is 0.455. The van der Waals surface area contributed by atoms with Crippen LogP contribution in [0.4, 0.5) is 0 Å². The van der Waals surface area contributed by atoms with Gasteiger partial charge < -0.3 is 4.85 Å². The summed E-state index contributed by atoms with van der Waals surface area (Å²) in [5.41, 5.74) is 2.16. The minimum absolute atomic E-state index is 0.0900. The second kappa shape index (κ2) is 3.36. The van der Waals surface area contributed by atoms with Gasteiger partial charge in [0.2, 0.25) is 5.54 Å². The van der Waals surface area contributed by atoms with Gasteiger partial charge in [-0.1, -0.05) is 0 Å². The van der Waals surface area contributed by atoms with Gasteiger partial charge in [0.15, 0.2) is 0 Å². The summed E-state index contributed by atoms with van der Waals surface area (Å²) >= 11 is 3.41. The van der Waals surface area contributed by atoms with E-state index in [1.54, 1.807) is 6.20 Å². The van der Waals surface area contributed by atoms with Crippen LogP contribution in [0, 0.1) is 13.5 Å². The third-order valence-corrected chi connectivity index (χ3v) is 3.18. The van der Waals surface area contributed by atoms with Gasteiger partial charge in [-0.15, -0.1) is 0 Å². The second-order valence-corrected chi connectivity index (χ2v) is 4.83. The van der Waals surface area contributed by atoms with E-state index in [0.717, 1.165) is 29.4 Å². The Balaban J connectivity index is 2.25. The SMILES string of the molecule is [C-]#[N+]C1(Cc2cc(Br)cnc2C)CC1. The molecule has 1 aromatic heterocycles. The summed E-state index contributed by atoms with van der Waals surface area (Å²) < 4.78 is 0.999. The van der Waals surface area contributed by atoms with Gasteiger partial charge >= 0.3 is 0 Å². The molecule has 0 aromatic carbocycles. The zero-order valence-corrected chi connectivity index (χ0v) is 9.63. The quantitative estimate of drug-likeness (QED) is 0.738. The average Bonchev–Trinajstić information content (AvgIpc) is 2.92. The monoisotopic (exact) mass is 250 g/mol. The highest BCUT2D eigenvalue weighted by Crippen LogP contribution is 2.43. The molecule has 0 unspecified atom stereocenters. The Labute approximate surface area is 92.3 Å². The maximum atomic E-state index is 7.13. The zero-order valence-electron chi connectivity index (χ0n) is 8.05. The summed E-state index contributed by atoms with van der Waals surface area (Å²) in [6.45, 7) is 9.14. The summed E-state index contributed by atoms with van der Waals surface area (Å²) in [7, 11) is 0. The van der Waals surface area contributed by atoms with Gasteiger partial charge in [-0.05, 0) is 34.5 Å². The van der Waals surface area contributed by atoms with E-state index in [2.05, 4.69) is 31.8 Å². The van der Waals surface area contributed by atoms with Crippen LogP contribution >= 0.6 is 15.9 Å². The molecule has 0 saturated heterocycles. The standard InChI is InChI=1S/C11H11BrN2/c1-8-9(5-10(12)7-14-8)6-11(13-2)3-4-11/h5,7H,3-4,6H2,1H3. The predicted molar refractivity (Wildman–Crippen MR) is 58.9 cm³/mol. The van der Waals surface area contributed by atoms with Gasteiger partial charge in [0.1, 0.15) is 0 Å². The highest BCUT2D eigenvalue weighted by atomic mass is 79.9. The Bertz CT molecular complexity index is 402. The summed E-state index contributed by atoms with van der Waals surface area (Å²) in [5, 5.41) is 0. The molecule has 0 N–H and O–H groups in total. The number of halogens is 1. The number of nitrogens with zero attached hydrogens (tertiary/aromatic N) is 2. The van der Waals surface area contributed by atoms with Crippen molar-refractivity contribution in [3.8, 4) is 0 Å². The molecule has 0 aliphatic heterocycles. The Hall–Kier alpha value is -0.880. The molecule has 1 aromatic rings. The molecule has 14 heavy (non-hydrogen) atoms. The molecule has 0 radical (unpaired) electrons. The Morgan fingerprint density at radius 1 is 1.64 bits per heavy atom. The first-order valence-corrected chi connectivity index (χ1v) is 5.44. The minimum Gasteiger partial charge on any atom is -0.310 e. The third kappa shape index (κ3) is 1.80. The zero-order chi connectivity index (χ0) is 10.2. The van der Waals surface area contributed by atoms with Crippen molar-refractivity contribution in [2.75, 3.05) is 0 Å². The van der Waals surface area contributed by atoms with E-state index in [1.807, 2.05) is 6.92 Å². The van der Waals surface area contributed by atoms with Crippen LogP contribution in [0.3, 0.4) is 0 Å². The van der Waals surface area contributed by atoms with Crippen LogP contribution in [0.5, 0.6) is 0 Å². The molecule has 3 heteroatoms.